The van der Waals surface area contributed by atoms with Gasteiger partial charge in [-0.05, 0) is 48.0 Å². The average Bonchev–Trinajstić information content (AvgIpc) is 2.65. The molecule has 7 nitrogen and oxygen atoms in total. The number of rotatable bonds is 7. The minimum atomic E-state index is -3.74. The van der Waals surface area contributed by atoms with Crippen molar-refractivity contribution in [1.29, 1.82) is 0 Å². The summed E-state index contributed by atoms with van der Waals surface area (Å²) in [5, 5.41) is 4.01. The highest BCUT2D eigenvalue weighted by Crippen LogP contribution is 2.27. The minimum absolute atomic E-state index is 0.125. The highest BCUT2D eigenvalue weighted by atomic mass is 32.2. The van der Waals surface area contributed by atoms with Gasteiger partial charge in [-0.3, -0.25) is 0 Å². The lowest BCUT2D eigenvalue weighted by atomic mass is 10.2. The Bertz CT molecular complexity index is 848. The Kier molecular flexibility index (Phi) is 5.87. The van der Waals surface area contributed by atoms with E-state index in [0.29, 0.717) is 22.8 Å². The van der Waals surface area contributed by atoms with Crippen LogP contribution in [0.2, 0.25) is 0 Å². The van der Waals surface area contributed by atoms with Crippen LogP contribution in [0.5, 0.6) is 17.2 Å². The monoisotopic (exact) mass is 364 g/mol. The van der Waals surface area contributed by atoms with Gasteiger partial charge in [0.25, 0.3) is 10.0 Å². The van der Waals surface area contributed by atoms with Crippen LogP contribution in [0.25, 0.3) is 0 Å². The normalized spacial score (nSPS) is 11.4. The summed E-state index contributed by atoms with van der Waals surface area (Å²) < 4.78 is 41.3. The lowest BCUT2D eigenvalue weighted by Gasteiger charge is -2.14. The molecule has 0 aliphatic heterocycles. The molecule has 134 valence electrons. The van der Waals surface area contributed by atoms with Crippen molar-refractivity contribution in [2.24, 2.45) is 5.10 Å². The molecule has 0 spiro atoms. The molecule has 2 aromatic carbocycles. The van der Waals surface area contributed by atoms with E-state index in [2.05, 4.69) is 5.10 Å². The lowest BCUT2D eigenvalue weighted by molar-refractivity contribution is 0.355. The molecular weight excluding hydrogens is 344 g/mol. The largest absolute Gasteiger partial charge is 0.497 e. The topological polar surface area (TPSA) is 77.4 Å². The molecule has 0 unspecified atom stereocenters. The maximum atomic E-state index is 12.5. The number of hydrogen-bond acceptors (Lipinski definition) is 6. The van der Waals surface area contributed by atoms with E-state index in [1.807, 2.05) is 0 Å². The van der Waals surface area contributed by atoms with Crippen molar-refractivity contribution in [2.75, 3.05) is 28.4 Å². The Morgan fingerprint density at radius 3 is 2.12 bits per heavy atom. The molecule has 25 heavy (non-hydrogen) atoms. The standard InChI is InChI=1S/C17H20N2O5S/c1-19(25(20,21)15-8-6-14(22-2)7-9-15)18-12-13-5-10-16(23-3)17(11-13)24-4/h5-12H,1-4H3/b18-12+. The summed E-state index contributed by atoms with van der Waals surface area (Å²) in [6.45, 7) is 0. The van der Waals surface area contributed by atoms with Crippen LogP contribution in [0.3, 0.4) is 0 Å². The summed E-state index contributed by atoms with van der Waals surface area (Å²) in [4.78, 5) is 0.125. The molecule has 0 bridgehead atoms. The average molecular weight is 364 g/mol. The summed E-state index contributed by atoms with van der Waals surface area (Å²) in [5.74, 6) is 1.70. The van der Waals surface area contributed by atoms with Gasteiger partial charge in [-0.2, -0.15) is 17.9 Å². The second-order valence-electron chi connectivity index (χ2n) is 4.97. The first kappa shape index (κ1) is 18.6. The van der Waals surface area contributed by atoms with Crippen LogP contribution in [0.4, 0.5) is 0 Å². The van der Waals surface area contributed by atoms with E-state index in [1.54, 1.807) is 37.4 Å². The minimum Gasteiger partial charge on any atom is -0.497 e. The van der Waals surface area contributed by atoms with E-state index in [0.717, 1.165) is 4.41 Å². The van der Waals surface area contributed by atoms with Gasteiger partial charge in [-0.1, -0.05) is 0 Å². The molecule has 0 fully saturated rings. The molecule has 0 aromatic heterocycles. The zero-order valence-corrected chi connectivity index (χ0v) is 15.3. The van der Waals surface area contributed by atoms with Crippen molar-refractivity contribution in [1.82, 2.24) is 4.41 Å². The molecule has 0 aliphatic rings. The molecule has 0 saturated carbocycles. The summed E-state index contributed by atoms with van der Waals surface area (Å²) in [6, 6.07) is 11.3. The van der Waals surface area contributed by atoms with E-state index in [4.69, 9.17) is 14.2 Å². The van der Waals surface area contributed by atoms with Crippen LogP contribution < -0.4 is 14.2 Å². The second-order valence-corrected chi connectivity index (χ2v) is 6.92. The first-order chi connectivity index (χ1) is 11.9. The van der Waals surface area contributed by atoms with Gasteiger partial charge >= 0.3 is 0 Å². The third kappa shape index (κ3) is 4.21. The van der Waals surface area contributed by atoms with Crippen LogP contribution in [-0.2, 0) is 10.0 Å². The van der Waals surface area contributed by atoms with Crippen molar-refractivity contribution in [3.05, 3.63) is 48.0 Å². The maximum absolute atomic E-state index is 12.5. The molecule has 0 radical (unpaired) electrons. The number of ether oxygens (including phenoxy) is 3. The van der Waals surface area contributed by atoms with Crippen LogP contribution in [-0.4, -0.2) is 47.4 Å². The van der Waals surface area contributed by atoms with Gasteiger partial charge in [0.1, 0.15) is 5.75 Å². The smallest absolute Gasteiger partial charge is 0.278 e. The van der Waals surface area contributed by atoms with E-state index < -0.39 is 10.0 Å². The molecule has 8 heteroatoms. The quantitative estimate of drug-likeness (QED) is 0.557. The van der Waals surface area contributed by atoms with E-state index in [1.165, 1.54) is 39.6 Å². The number of benzene rings is 2. The van der Waals surface area contributed by atoms with Gasteiger partial charge in [0, 0.05) is 7.05 Å². The van der Waals surface area contributed by atoms with Gasteiger partial charge in [-0.15, -0.1) is 0 Å². The summed E-state index contributed by atoms with van der Waals surface area (Å²) >= 11 is 0. The zero-order chi connectivity index (χ0) is 18.4. The number of methoxy groups -OCH3 is 3. The van der Waals surface area contributed by atoms with Gasteiger partial charge in [0.15, 0.2) is 11.5 Å². The number of hydrogen-bond donors (Lipinski definition) is 0. The van der Waals surface area contributed by atoms with Crippen molar-refractivity contribution >= 4 is 16.2 Å². The zero-order valence-electron chi connectivity index (χ0n) is 14.5. The highest BCUT2D eigenvalue weighted by Gasteiger charge is 2.19. The summed E-state index contributed by atoms with van der Waals surface area (Å²) in [7, 11) is 2.22. The summed E-state index contributed by atoms with van der Waals surface area (Å²) in [6.07, 6.45) is 1.43. The molecule has 0 atom stereocenters. The lowest BCUT2D eigenvalue weighted by Crippen LogP contribution is -2.21. The molecule has 2 aromatic rings. The van der Waals surface area contributed by atoms with Crippen LogP contribution in [0, 0.1) is 0 Å². The van der Waals surface area contributed by atoms with Crippen molar-refractivity contribution in [3.63, 3.8) is 0 Å². The molecule has 0 amide bonds. The first-order valence-electron chi connectivity index (χ1n) is 7.31. The molecule has 2 rings (SSSR count). The van der Waals surface area contributed by atoms with Crippen molar-refractivity contribution < 1.29 is 22.6 Å². The highest BCUT2D eigenvalue weighted by molar-refractivity contribution is 7.89. The Hall–Kier alpha value is -2.74. The fourth-order valence-electron chi connectivity index (χ4n) is 2.04. The van der Waals surface area contributed by atoms with Crippen LogP contribution in [0.1, 0.15) is 5.56 Å². The third-order valence-electron chi connectivity index (χ3n) is 3.48. The van der Waals surface area contributed by atoms with Crippen LogP contribution >= 0.6 is 0 Å². The molecule has 0 saturated heterocycles. The third-order valence-corrected chi connectivity index (χ3v) is 5.14. The Morgan fingerprint density at radius 2 is 1.56 bits per heavy atom. The summed E-state index contributed by atoms with van der Waals surface area (Å²) in [5.41, 5.74) is 0.675. The Balaban J connectivity index is 2.22. The number of hydrazone groups is 1. The number of nitrogens with zero attached hydrogens (tertiary/aromatic N) is 2. The van der Waals surface area contributed by atoms with Crippen LogP contribution in [0.15, 0.2) is 52.5 Å². The first-order valence-corrected chi connectivity index (χ1v) is 8.75. The van der Waals surface area contributed by atoms with Gasteiger partial charge in [0.2, 0.25) is 0 Å². The Morgan fingerprint density at radius 1 is 0.920 bits per heavy atom. The van der Waals surface area contributed by atoms with E-state index >= 15 is 0 Å². The van der Waals surface area contributed by atoms with Gasteiger partial charge in [-0.25, -0.2) is 0 Å². The van der Waals surface area contributed by atoms with E-state index in [9.17, 15) is 8.42 Å². The maximum Gasteiger partial charge on any atom is 0.278 e. The fourth-order valence-corrected chi connectivity index (χ4v) is 3.00. The molecular formula is C17H20N2O5S. The van der Waals surface area contributed by atoms with E-state index in [-0.39, 0.29) is 4.90 Å². The Labute approximate surface area is 147 Å². The van der Waals surface area contributed by atoms with Gasteiger partial charge < -0.3 is 14.2 Å². The SMILES string of the molecule is COc1ccc(S(=O)(=O)N(C)/N=C/c2ccc(OC)c(OC)c2)cc1. The van der Waals surface area contributed by atoms with Gasteiger partial charge in [0.05, 0.1) is 32.4 Å². The molecule has 0 N–H and O–H groups in total. The molecule has 0 aliphatic carbocycles. The van der Waals surface area contributed by atoms with Crippen molar-refractivity contribution in [3.8, 4) is 17.2 Å². The number of sulfonamides is 1. The van der Waals surface area contributed by atoms with Crippen molar-refractivity contribution in [2.45, 2.75) is 4.90 Å². The molecule has 0 heterocycles. The predicted octanol–water partition coefficient (Wildman–Crippen LogP) is 2.37. The second kappa shape index (κ2) is 7.89. The predicted molar refractivity (Wildman–Crippen MR) is 95.1 cm³/mol. The fraction of sp³-hybridized carbons (Fsp3) is 0.235.